The van der Waals surface area contributed by atoms with Gasteiger partial charge in [0.25, 0.3) is 0 Å². The van der Waals surface area contributed by atoms with Crippen LogP contribution in [0.25, 0.3) is 5.32 Å². The molecule has 0 N–H and O–H groups in total. The molecule has 0 atom stereocenters. The Kier molecular flexibility index (Phi) is 52.4. The normalized spacial score (nSPS) is 11.9. The van der Waals surface area contributed by atoms with Crippen molar-refractivity contribution in [2.75, 3.05) is 0 Å². The minimum absolute atomic E-state index is 0. The van der Waals surface area contributed by atoms with E-state index in [2.05, 4.69) is 63.9 Å². The van der Waals surface area contributed by atoms with Gasteiger partial charge in [-0.2, -0.15) is 0 Å². The van der Waals surface area contributed by atoms with Crippen LogP contribution in [-0.2, 0) is 34.6 Å². The van der Waals surface area contributed by atoms with Crippen LogP contribution in [0, 0.1) is 40.5 Å². The first-order valence-electron chi connectivity index (χ1n) is 12.0. The van der Waals surface area contributed by atoms with Crippen LogP contribution in [0.5, 0.6) is 0 Å². The average molecular weight is 1240 g/mol. The van der Waals surface area contributed by atoms with Crippen LogP contribution in [0.15, 0.2) is 6.33 Å². The third-order valence-corrected chi connectivity index (χ3v) is 7.01. The molecule has 54 heavy (non-hydrogen) atoms. The fourth-order valence-corrected chi connectivity index (χ4v) is 5.54. The summed E-state index contributed by atoms with van der Waals surface area (Å²) in [6.45, 7) is 8.92. The number of halogens is 13. The maximum atomic E-state index is 10.3. The summed E-state index contributed by atoms with van der Waals surface area (Å²) < 4.78 is 0.271. The molecule has 4 rings (SSSR count). The Morgan fingerprint density at radius 1 is 0.648 bits per heavy atom. The predicted octanol–water partition coefficient (Wildman–Crippen LogP) is -2.79. The van der Waals surface area contributed by atoms with Gasteiger partial charge in [-0.05, 0) is 0 Å². The van der Waals surface area contributed by atoms with Gasteiger partial charge in [0.15, 0.2) is 3.83 Å². The van der Waals surface area contributed by atoms with Gasteiger partial charge in [-0.15, -0.1) is 34.3 Å². The smallest absolute Gasteiger partial charge is 2.00 e. The van der Waals surface area contributed by atoms with E-state index in [1.54, 1.807) is 22.6 Å². The summed E-state index contributed by atoms with van der Waals surface area (Å²) in [6, 6.07) is 0. The van der Waals surface area contributed by atoms with E-state index in [1.807, 2.05) is 0 Å². The molecular weight excluding hydrogens is 1220 g/mol. The van der Waals surface area contributed by atoms with E-state index in [4.69, 9.17) is 94.3 Å². The second-order valence-corrected chi connectivity index (χ2v) is 12.5. The molecule has 4 heterocycles. The van der Waals surface area contributed by atoms with Crippen LogP contribution in [0.2, 0.25) is 30.9 Å². The second kappa shape index (κ2) is 38.3. The number of hydrogen-bond acceptors (Lipinski definition) is 12. The quantitative estimate of drug-likeness (QED) is 0.0495. The summed E-state index contributed by atoms with van der Waals surface area (Å²) in [5.41, 5.74) is -0.939. The van der Waals surface area contributed by atoms with Crippen LogP contribution < -0.4 is 49.6 Å². The Hall–Kier alpha value is 2.39. The minimum atomic E-state index is -0.751. The minimum Gasteiger partial charge on any atom is 2.00 e. The Labute approximate surface area is 438 Å². The topological polar surface area (TPSA) is 221 Å². The number of rotatable bonds is 3. The molecule has 16 nitrogen and oxygen atoms in total. The molecule has 3 aromatic rings. The SMILES string of the molecule is CC1(C)CCCC(C)(C)[N-]1.O=[N+]([O-])c1c(Cl)n[c-]nc1Cl.O=[N+]([O-])c1c(Cl)nc(I)nc1Cl.O=[N+]([O-])c1c(Cl)ncnc1Cl.[Cl-].[Cl-].[Cl-].[Cl-].[Cl][Zn+].[Cl][Zn+].[Mg+2].[Mg+2]. The molecule has 1 aliphatic rings. The molecule has 0 aromatic carbocycles. The summed E-state index contributed by atoms with van der Waals surface area (Å²) in [4.78, 5) is 48.9. The fraction of sp³-hybridized carbons (Fsp3) is 0.429. The Morgan fingerprint density at radius 3 is 1.15 bits per heavy atom. The van der Waals surface area contributed by atoms with Gasteiger partial charge in [0, 0.05) is 33.8 Å². The van der Waals surface area contributed by atoms with Gasteiger partial charge in [0.1, 0.15) is 6.33 Å². The van der Waals surface area contributed by atoms with E-state index in [0.717, 1.165) is 41.0 Å². The summed E-state index contributed by atoms with van der Waals surface area (Å²) in [7, 11) is 9.53. The van der Waals surface area contributed by atoms with Gasteiger partial charge < -0.3 is 64.9 Å². The Bertz CT molecular complexity index is 1420. The molecule has 0 spiro atoms. The van der Waals surface area contributed by atoms with E-state index in [1.165, 1.54) is 19.3 Å². The summed E-state index contributed by atoms with van der Waals surface area (Å²) in [6.07, 6.45) is 6.97. The first kappa shape index (κ1) is 73.9. The zero-order valence-electron chi connectivity index (χ0n) is 27.9. The van der Waals surface area contributed by atoms with E-state index in [9.17, 15) is 30.3 Å². The van der Waals surface area contributed by atoms with Crippen LogP contribution >= 0.6 is 112 Å². The maximum absolute atomic E-state index is 10.3. The summed E-state index contributed by atoms with van der Waals surface area (Å²) in [5, 5.41) is 33.8. The van der Waals surface area contributed by atoms with Crippen molar-refractivity contribution in [1.29, 1.82) is 0 Å². The molecule has 0 radical (unpaired) electrons. The van der Waals surface area contributed by atoms with Crippen molar-refractivity contribution < 1.29 is 99.0 Å². The second-order valence-electron chi connectivity index (χ2n) is 9.34. The van der Waals surface area contributed by atoms with Gasteiger partial charge in [-0.25, -0.2) is 19.9 Å². The molecule has 0 unspecified atom stereocenters. The monoisotopic (exact) mass is 1230 g/mol. The number of hydrogen-bond donors (Lipinski definition) is 0. The van der Waals surface area contributed by atoms with Gasteiger partial charge >= 0.3 is 111 Å². The molecule has 3 aromatic heterocycles. The average Bonchev–Trinajstić information content (AvgIpc) is 2.94. The van der Waals surface area contributed by atoms with Gasteiger partial charge in [0.2, 0.25) is 26.3 Å². The van der Waals surface area contributed by atoms with Gasteiger partial charge in [-0.1, -0.05) is 93.4 Å². The standard InChI is InChI=1S/C9H18N.C4Cl2IN3O2.C4HCl2N3O2.C4Cl2N3O2.6ClH.2Mg.2Zn/c1-8(2)6-5-7-9(3,4)10-8;5-2-1(10(11)12)3(6)9-4(7)8-2;2*5-3-2(9(10)11)4(6)8-1-7-3;;;;;;;;;;/h5-7H2,1-4H3;;1H;;6*1H;;;;/q-1;;;-1;;;;;;;4*+2/p-6. The fourth-order valence-electron chi connectivity index (χ4n) is 3.36. The third-order valence-electron chi connectivity index (χ3n) is 4.92. The molecule has 1 aliphatic heterocycles. The van der Waals surface area contributed by atoms with Crippen LogP contribution in [0.1, 0.15) is 47.0 Å². The first-order chi connectivity index (χ1) is 22.2. The summed E-state index contributed by atoms with van der Waals surface area (Å²) >= 11 is 35.7. The Morgan fingerprint density at radius 2 is 0.926 bits per heavy atom. The molecule has 0 saturated carbocycles. The van der Waals surface area contributed by atoms with E-state index in [-0.39, 0.29) is 142 Å². The number of piperidine rings is 1. The number of nitrogens with zero attached hydrogens (tertiary/aromatic N) is 10. The largest absolute Gasteiger partial charge is 2.00 e. The van der Waals surface area contributed by atoms with E-state index < -0.39 is 31.8 Å². The van der Waals surface area contributed by atoms with Gasteiger partial charge in [-0.3, -0.25) is 30.3 Å². The molecule has 1 fully saturated rings. The first-order valence-corrected chi connectivity index (χ1v) is 23.2. The summed E-state index contributed by atoms with van der Waals surface area (Å²) in [5.74, 6) is 0. The number of nitro groups is 3. The molecule has 0 aliphatic carbocycles. The molecular formula is C21H19Cl12IMg2N10O6Zn2. The molecule has 1 saturated heterocycles. The molecule has 0 bridgehead atoms. The van der Waals surface area contributed by atoms with Gasteiger partial charge in [0.05, 0.1) is 20.2 Å². The van der Waals surface area contributed by atoms with Crippen molar-refractivity contribution in [1.82, 2.24) is 29.9 Å². The Balaban J connectivity index is -0.0000000815. The zero-order valence-corrected chi connectivity index (χ0v) is 47.9. The number of aromatic nitrogens is 6. The van der Waals surface area contributed by atoms with Crippen molar-refractivity contribution in [3.05, 3.63) is 83.1 Å². The predicted molar refractivity (Wildman–Crippen MR) is 196 cm³/mol. The van der Waals surface area contributed by atoms with Crippen LogP contribution in [0.3, 0.4) is 0 Å². The molecule has 0 amide bonds. The molecule has 288 valence electrons. The van der Waals surface area contributed by atoms with Crippen molar-refractivity contribution in [2.45, 2.75) is 58.0 Å². The maximum Gasteiger partial charge on any atom is 2.00 e. The van der Waals surface area contributed by atoms with Crippen molar-refractivity contribution in [3.63, 3.8) is 0 Å². The van der Waals surface area contributed by atoms with Crippen molar-refractivity contribution in [3.8, 4) is 0 Å². The van der Waals surface area contributed by atoms with E-state index in [0.29, 0.717) is 0 Å². The van der Waals surface area contributed by atoms with Crippen molar-refractivity contribution in [2.24, 2.45) is 0 Å². The van der Waals surface area contributed by atoms with E-state index >= 15 is 0 Å². The molecule has 33 heteroatoms. The zero-order chi connectivity index (χ0) is 38.0. The van der Waals surface area contributed by atoms with Crippen LogP contribution in [-0.4, -0.2) is 102 Å². The van der Waals surface area contributed by atoms with Crippen molar-refractivity contribution >= 4 is 175 Å². The third kappa shape index (κ3) is 29.6. The van der Waals surface area contributed by atoms with Crippen LogP contribution in [0.4, 0.5) is 17.1 Å².